The molecule has 3 N–H and O–H groups in total. The van der Waals surface area contributed by atoms with Gasteiger partial charge in [-0.25, -0.2) is 0 Å². The first-order valence-electron chi connectivity index (χ1n) is 12.4. The molecule has 2 aromatic rings. The molecule has 0 aliphatic carbocycles. The van der Waals surface area contributed by atoms with E-state index in [4.69, 9.17) is 20.6 Å². The van der Waals surface area contributed by atoms with Crippen molar-refractivity contribution in [2.24, 2.45) is 5.73 Å². The lowest BCUT2D eigenvalue weighted by Crippen LogP contribution is -2.30. The Morgan fingerprint density at radius 1 is 1.06 bits per heavy atom. The van der Waals surface area contributed by atoms with Crippen molar-refractivity contribution in [3.63, 3.8) is 0 Å². The third-order valence-corrected chi connectivity index (χ3v) is 6.49. The van der Waals surface area contributed by atoms with Crippen molar-refractivity contribution in [2.45, 2.75) is 71.8 Å². The Bertz CT molecular complexity index is 1090. The van der Waals surface area contributed by atoms with Crippen molar-refractivity contribution in [1.29, 1.82) is 5.41 Å². The molecule has 190 valence electrons. The molecule has 0 amide bonds. The Balaban J connectivity index is 1.85. The molecule has 0 spiro atoms. The number of carbonyl (C=O) groups excluding carboxylic acids is 1. The van der Waals surface area contributed by atoms with Crippen LogP contribution in [-0.4, -0.2) is 43.3 Å². The summed E-state index contributed by atoms with van der Waals surface area (Å²) >= 11 is 0. The number of amidine groups is 1. The number of nitrogens with one attached hydrogen (secondary N) is 1. The number of fused-ring (bicyclic) bond motifs is 1. The van der Waals surface area contributed by atoms with Crippen LogP contribution in [0.15, 0.2) is 30.3 Å². The summed E-state index contributed by atoms with van der Waals surface area (Å²) in [5.41, 5.74) is 10.1. The molecular weight excluding hydrogens is 438 g/mol. The SMILES string of the molecule is COc1cc(C(=O)CN2Cc3ccc(C(C)(C)C)cc3C2=N)cc(C(C)(C)C)c1OCCCCN. The summed E-state index contributed by atoms with van der Waals surface area (Å²) in [7, 11) is 1.60. The fourth-order valence-electron chi connectivity index (χ4n) is 4.30. The summed E-state index contributed by atoms with van der Waals surface area (Å²) in [6, 6.07) is 10.0. The number of ether oxygens (including phenoxy) is 2. The van der Waals surface area contributed by atoms with Crippen LogP contribution in [0, 0.1) is 5.41 Å². The molecule has 0 unspecified atom stereocenters. The number of carbonyl (C=O) groups is 1. The van der Waals surface area contributed by atoms with Crippen molar-refractivity contribution < 1.29 is 14.3 Å². The van der Waals surface area contributed by atoms with Crippen molar-refractivity contribution in [1.82, 2.24) is 4.90 Å². The predicted molar refractivity (Wildman–Crippen MR) is 142 cm³/mol. The van der Waals surface area contributed by atoms with Crippen LogP contribution in [0.5, 0.6) is 11.5 Å². The van der Waals surface area contributed by atoms with Gasteiger partial charge in [-0.15, -0.1) is 0 Å². The topological polar surface area (TPSA) is 88.6 Å². The van der Waals surface area contributed by atoms with Crippen LogP contribution in [0.1, 0.15) is 87.0 Å². The minimum atomic E-state index is -0.243. The number of nitrogens with zero attached hydrogens (tertiary/aromatic N) is 1. The second-order valence-electron chi connectivity index (χ2n) is 11.4. The van der Waals surface area contributed by atoms with Gasteiger partial charge in [-0.3, -0.25) is 10.2 Å². The van der Waals surface area contributed by atoms with E-state index in [1.165, 1.54) is 5.56 Å². The number of unbranched alkanes of at least 4 members (excludes halogenated alkanes) is 1. The summed E-state index contributed by atoms with van der Waals surface area (Å²) in [4.78, 5) is 15.3. The van der Waals surface area contributed by atoms with Gasteiger partial charge in [-0.2, -0.15) is 0 Å². The lowest BCUT2D eigenvalue weighted by molar-refractivity contribution is 0.0962. The highest BCUT2D eigenvalue weighted by Gasteiger charge is 2.30. The largest absolute Gasteiger partial charge is 0.493 e. The molecular formula is C29H41N3O3. The van der Waals surface area contributed by atoms with E-state index in [1.54, 1.807) is 13.2 Å². The first kappa shape index (κ1) is 26.7. The van der Waals surface area contributed by atoms with Crippen molar-refractivity contribution in [3.05, 3.63) is 58.1 Å². The smallest absolute Gasteiger partial charge is 0.182 e. The first-order valence-corrected chi connectivity index (χ1v) is 12.4. The van der Waals surface area contributed by atoms with Crippen molar-refractivity contribution >= 4 is 11.6 Å². The quantitative estimate of drug-likeness (QED) is 0.370. The summed E-state index contributed by atoms with van der Waals surface area (Å²) in [5, 5.41) is 8.73. The number of rotatable bonds is 9. The first-order chi connectivity index (χ1) is 16.4. The molecule has 3 rings (SSSR count). The highest BCUT2D eigenvalue weighted by atomic mass is 16.5. The molecule has 0 saturated heterocycles. The highest BCUT2D eigenvalue weighted by Crippen LogP contribution is 2.40. The monoisotopic (exact) mass is 479 g/mol. The lowest BCUT2D eigenvalue weighted by atomic mass is 9.84. The van der Waals surface area contributed by atoms with Gasteiger partial charge in [0.2, 0.25) is 0 Å². The van der Waals surface area contributed by atoms with Crippen LogP contribution >= 0.6 is 0 Å². The van der Waals surface area contributed by atoms with E-state index < -0.39 is 0 Å². The third-order valence-electron chi connectivity index (χ3n) is 6.49. The fraction of sp³-hybridized carbons (Fsp3) is 0.517. The van der Waals surface area contributed by atoms with Gasteiger partial charge in [0.25, 0.3) is 0 Å². The Hall–Kier alpha value is -2.86. The van der Waals surface area contributed by atoms with Gasteiger partial charge < -0.3 is 20.1 Å². The number of ketones is 1. The van der Waals surface area contributed by atoms with Crippen LogP contribution < -0.4 is 15.2 Å². The van der Waals surface area contributed by atoms with E-state index >= 15 is 0 Å². The summed E-state index contributed by atoms with van der Waals surface area (Å²) in [5.74, 6) is 1.60. The normalized spacial score (nSPS) is 13.7. The molecule has 35 heavy (non-hydrogen) atoms. The Morgan fingerprint density at radius 2 is 1.77 bits per heavy atom. The van der Waals surface area contributed by atoms with Crippen molar-refractivity contribution in [3.8, 4) is 11.5 Å². The minimum Gasteiger partial charge on any atom is -0.493 e. The number of hydrogen-bond acceptors (Lipinski definition) is 5. The van der Waals surface area contributed by atoms with E-state index in [2.05, 4.69) is 59.7 Å². The van der Waals surface area contributed by atoms with Gasteiger partial charge >= 0.3 is 0 Å². The number of hydrogen-bond donors (Lipinski definition) is 2. The van der Waals surface area contributed by atoms with Crippen LogP contribution in [0.25, 0.3) is 0 Å². The van der Waals surface area contributed by atoms with Gasteiger partial charge in [-0.05, 0) is 59.5 Å². The Kier molecular flexibility index (Phi) is 7.95. The van der Waals surface area contributed by atoms with Gasteiger partial charge in [0, 0.05) is 23.2 Å². The van der Waals surface area contributed by atoms with Crippen LogP contribution in [-0.2, 0) is 17.4 Å². The number of nitrogens with two attached hydrogens (primary N) is 1. The zero-order chi connectivity index (χ0) is 26.0. The maximum absolute atomic E-state index is 13.4. The lowest BCUT2D eigenvalue weighted by Gasteiger charge is -2.26. The average molecular weight is 480 g/mol. The molecule has 1 heterocycles. The Labute approximate surface area is 210 Å². The summed E-state index contributed by atoms with van der Waals surface area (Å²) in [6.45, 7) is 14.7. The molecule has 1 aliphatic rings. The van der Waals surface area contributed by atoms with E-state index in [0.717, 1.165) is 29.5 Å². The summed E-state index contributed by atoms with van der Waals surface area (Å²) < 4.78 is 11.8. The van der Waals surface area contributed by atoms with Gasteiger partial charge in [-0.1, -0.05) is 53.7 Å². The van der Waals surface area contributed by atoms with E-state index in [1.807, 2.05) is 11.0 Å². The molecule has 6 nitrogen and oxygen atoms in total. The Morgan fingerprint density at radius 3 is 2.37 bits per heavy atom. The second-order valence-corrected chi connectivity index (χ2v) is 11.4. The van der Waals surface area contributed by atoms with Gasteiger partial charge in [0.1, 0.15) is 5.84 Å². The summed E-state index contributed by atoms with van der Waals surface area (Å²) in [6.07, 6.45) is 1.75. The van der Waals surface area contributed by atoms with Crippen molar-refractivity contribution in [2.75, 3.05) is 26.8 Å². The molecule has 0 atom stereocenters. The van der Waals surface area contributed by atoms with Crippen LogP contribution in [0.2, 0.25) is 0 Å². The zero-order valence-electron chi connectivity index (χ0n) is 22.4. The van der Waals surface area contributed by atoms with Crippen LogP contribution in [0.3, 0.4) is 0 Å². The number of Topliss-reactive ketones (excluding diaryl/α,β-unsaturated/α-hetero) is 1. The average Bonchev–Trinajstić information content (AvgIpc) is 3.09. The standard InChI is InChI=1S/C29H41N3O3/c1-28(2,3)21-11-10-19-17-32(27(31)22(19)16-21)18-24(33)20-14-23(29(4,5)6)26(25(15-20)34-7)35-13-9-8-12-30/h10-11,14-16,31H,8-9,12-13,17-18,30H2,1-7H3. The maximum atomic E-state index is 13.4. The second kappa shape index (κ2) is 10.4. The van der Waals surface area contributed by atoms with Gasteiger partial charge in [0.05, 0.1) is 20.3 Å². The zero-order valence-corrected chi connectivity index (χ0v) is 22.4. The molecule has 0 bridgehead atoms. The van der Waals surface area contributed by atoms with E-state index in [-0.39, 0.29) is 23.2 Å². The molecule has 0 saturated carbocycles. The predicted octanol–water partition coefficient (Wildman–Crippen LogP) is 5.43. The molecule has 6 heteroatoms. The van der Waals surface area contributed by atoms with E-state index in [9.17, 15) is 4.79 Å². The molecule has 2 aromatic carbocycles. The number of methoxy groups -OCH3 is 1. The highest BCUT2D eigenvalue weighted by molar-refractivity contribution is 6.05. The minimum absolute atomic E-state index is 0.00654. The molecule has 1 aliphatic heterocycles. The maximum Gasteiger partial charge on any atom is 0.182 e. The number of benzene rings is 2. The van der Waals surface area contributed by atoms with E-state index in [0.29, 0.717) is 42.6 Å². The molecule has 0 aromatic heterocycles. The van der Waals surface area contributed by atoms with Crippen LogP contribution in [0.4, 0.5) is 0 Å². The molecule has 0 radical (unpaired) electrons. The molecule has 0 fully saturated rings. The van der Waals surface area contributed by atoms with Gasteiger partial charge in [0.15, 0.2) is 17.3 Å². The third kappa shape index (κ3) is 6.04. The fourth-order valence-corrected chi connectivity index (χ4v) is 4.30.